The first kappa shape index (κ1) is 21.4. The number of halogens is 1. The standard InChI is InChI=1S/C24H30ClN3O/c1-2-3-9-18-28-22-11-7-6-10-21(22)27-23(28)12-5-4-8-17-26-24(29)19-13-15-20(25)16-14-19/h6-7,10-11,13-16H,2-5,8-9,12,17-18H2,1H3,(H,26,29). The summed E-state index contributed by atoms with van der Waals surface area (Å²) >= 11 is 5.86. The summed E-state index contributed by atoms with van der Waals surface area (Å²) in [5, 5.41) is 3.62. The highest BCUT2D eigenvalue weighted by Crippen LogP contribution is 2.19. The lowest BCUT2D eigenvalue weighted by atomic mass is 10.1. The molecule has 0 aliphatic heterocycles. The molecule has 1 amide bonds. The number of nitrogens with zero attached hydrogens (tertiary/aromatic N) is 2. The summed E-state index contributed by atoms with van der Waals surface area (Å²) in [5.74, 6) is 1.15. The molecule has 4 nitrogen and oxygen atoms in total. The van der Waals surface area contributed by atoms with Crippen molar-refractivity contribution >= 4 is 28.5 Å². The van der Waals surface area contributed by atoms with Crippen LogP contribution in [-0.4, -0.2) is 22.0 Å². The summed E-state index contributed by atoms with van der Waals surface area (Å²) < 4.78 is 2.40. The monoisotopic (exact) mass is 411 g/mol. The predicted octanol–water partition coefficient (Wildman–Crippen LogP) is 6.02. The van der Waals surface area contributed by atoms with Gasteiger partial charge in [0.1, 0.15) is 5.82 Å². The predicted molar refractivity (Wildman–Crippen MR) is 121 cm³/mol. The smallest absolute Gasteiger partial charge is 0.251 e. The van der Waals surface area contributed by atoms with E-state index in [1.807, 2.05) is 0 Å². The molecule has 3 aromatic rings. The number of benzene rings is 2. The van der Waals surface area contributed by atoms with Gasteiger partial charge in [-0.05, 0) is 55.7 Å². The number of hydrogen-bond donors (Lipinski definition) is 1. The first-order valence-corrected chi connectivity index (χ1v) is 11.0. The van der Waals surface area contributed by atoms with E-state index in [4.69, 9.17) is 16.6 Å². The molecule has 1 heterocycles. The van der Waals surface area contributed by atoms with Gasteiger partial charge < -0.3 is 9.88 Å². The van der Waals surface area contributed by atoms with Crippen LogP contribution in [0.25, 0.3) is 11.0 Å². The molecule has 3 rings (SSSR count). The van der Waals surface area contributed by atoms with Gasteiger partial charge in [0.05, 0.1) is 11.0 Å². The third-order valence-electron chi connectivity index (χ3n) is 5.19. The van der Waals surface area contributed by atoms with Gasteiger partial charge in [-0.3, -0.25) is 4.79 Å². The highest BCUT2D eigenvalue weighted by atomic mass is 35.5. The Hall–Kier alpha value is -2.33. The third-order valence-corrected chi connectivity index (χ3v) is 5.44. The molecular formula is C24H30ClN3O. The highest BCUT2D eigenvalue weighted by Gasteiger charge is 2.10. The number of nitrogens with one attached hydrogen (secondary N) is 1. The molecule has 0 spiro atoms. The van der Waals surface area contributed by atoms with Gasteiger partial charge in [-0.1, -0.05) is 49.9 Å². The zero-order valence-electron chi connectivity index (χ0n) is 17.2. The van der Waals surface area contributed by atoms with Crippen LogP contribution in [0.1, 0.15) is 61.6 Å². The van der Waals surface area contributed by atoms with Gasteiger partial charge in [-0.15, -0.1) is 0 Å². The second-order valence-electron chi connectivity index (χ2n) is 7.45. The minimum absolute atomic E-state index is 0.0422. The zero-order valence-corrected chi connectivity index (χ0v) is 17.9. The normalized spacial score (nSPS) is 11.1. The molecule has 0 aliphatic carbocycles. The SMILES string of the molecule is CCCCCn1c(CCCCCNC(=O)c2ccc(Cl)cc2)nc2ccccc21. The number of hydrogen-bond acceptors (Lipinski definition) is 2. The summed E-state index contributed by atoms with van der Waals surface area (Å²) in [7, 11) is 0. The number of amides is 1. The number of aromatic nitrogens is 2. The van der Waals surface area contributed by atoms with E-state index in [1.165, 1.54) is 30.6 Å². The Balaban J connectivity index is 1.45. The maximum Gasteiger partial charge on any atom is 0.251 e. The van der Waals surface area contributed by atoms with Crippen molar-refractivity contribution in [1.29, 1.82) is 0 Å². The summed E-state index contributed by atoms with van der Waals surface area (Å²) in [5.41, 5.74) is 2.98. The minimum atomic E-state index is -0.0422. The number of unbranched alkanes of at least 4 members (excludes halogenated alkanes) is 4. The van der Waals surface area contributed by atoms with Crippen LogP contribution < -0.4 is 5.32 Å². The van der Waals surface area contributed by atoms with Crippen LogP contribution in [0.15, 0.2) is 48.5 Å². The van der Waals surface area contributed by atoms with E-state index < -0.39 is 0 Å². The molecule has 29 heavy (non-hydrogen) atoms. The second-order valence-corrected chi connectivity index (χ2v) is 7.89. The van der Waals surface area contributed by atoms with Crippen molar-refractivity contribution in [3.8, 4) is 0 Å². The van der Waals surface area contributed by atoms with Crippen LogP contribution in [0.3, 0.4) is 0 Å². The fourth-order valence-corrected chi connectivity index (χ4v) is 3.70. The van der Waals surface area contributed by atoms with Crippen molar-refractivity contribution in [2.24, 2.45) is 0 Å². The topological polar surface area (TPSA) is 46.9 Å². The van der Waals surface area contributed by atoms with Crippen molar-refractivity contribution in [3.63, 3.8) is 0 Å². The van der Waals surface area contributed by atoms with Crippen molar-refractivity contribution in [2.75, 3.05) is 6.54 Å². The first-order valence-electron chi connectivity index (χ1n) is 10.7. The van der Waals surface area contributed by atoms with Gasteiger partial charge in [0.25, 0.3) is 5.91 Å². The summed E-state index contributed by atoms with van der Waals surface area (Å²) in [6.45, 7) is 3.97. The number of para-hydroxylation sites is 2. The molecule has 2 aromatic carbocycles. The van der Waals surface area contributed by atoms with Gasteiger partial charge in [0.2, 0.25) is 0 Å². The number of aryl methyl sites for hydroxylation is 2. The van der Waals surface area contributed by atoms with Crippen LogP contribution in [0, 0.1) is 0 Å². The summed E-state index contributed by atoms with van der Waals surface area (Å²) in [4.78, 5) is 17.0. The van der Waals surface area contributed by atoms with E-state index in [0.29, 0.717) is 17.1 Å². The van der Waals surface area contributed by atoms with E-state index >= 15 is 0 Å². The Morgan fingerprint density at radius 1 is 1.00 bits per heavy atom. The molecule has 0 saturated carbocycles. The van der Waals surface area contributed by atoms with Crippen molar-refractivity contribution < 1.29 is 4.79 Å². The van der Waals surface area contributed by atoms with E-state index in [9.17, 15) is 4.79 Å². The largest absolute Gasteiger partial charge is 0.352 e. The molecule has 1 aromatic heterocycles. The fraction of sp³-hybridized carbons (Fsp3) is 0.417. The van der Waals surface area contributed by atoms with Gasteiger partial charge >= 0.3 is 0 Å². The molecule has 0 radical (unpaired) electrons. The first-order chi connectivity index (χ1) is 14.2. The van der Waals surface area contributed by atoms with Gasteiger partial charge in [-0.25, -0.2) is 4.98 Å². The van der Waals surface area contributed by atoms with Crippen LogP contribution in [0.2, 0.25) is 5.02 Å². The third kappa shape index (κ3) is 6.07. The van der Waals surface area contributed by atoms with Crippen LogP contribution >= 0.6 is 11.6 Å². The van der Waals surface area contributed by atoms with Crippen molar-refractivity contribution in [2.45, 2.75) is 58.4 Å². The lowest BCUT2D eigenvalue weighted by Crippen LogP contribution is -2.24. The van der Waals surface area contributed by atoms with Crippen molar-refractivity contribution in [3.05, 3.63) is 64.9 Å². The Labute approximate surface area is 178 Å². The fourth-order valence-electron chi connectivity index (χ4n) is 3.58. The number of carbonyl (C=O) groups excluding carboxylic acids is 1. The maximum absolute atomic E-state index is 12.1. The number of rotatable bonds is 11. The van der Waals surface area contributed by atoms with Gasteiger partial charge in [0, 0.05) is 30.1 Å². The van der Waals surface area contributed by atoms with Crippen molar-refractivity contribution in [1.82, 2.24) is 14.9 Å². The van der Waals surface area contributed by atoms with Gasteiger partial charge in [0.15, 0.2) is 0 Å². The van der Waals surface area contributed by atoms with E-state index in [-0.39, 0.29) is 5.91 Å². The van der Waals surface area contributed by atoms with E-state index in [2.05, 4.69) is 41.1 Å². The average Bonchev–Trinajstić information content (AvgIpc) is 3.08. The second kappa shape index (κ2) is 11.0. The Morgan fingerprint density at radius 2 is 1.79 bits per heavy atom. The summed E-state index contributed by atoms with van der Waals surface area (Å²) in [6, 6.07) is 15.4. The molecule has 154 valence electrons. The maximum atomic E-state index is 12.1. The Kier molecular flexibility index (Phi) is 8.12. The highest BCUT2D eigenvalue weighted by molar-refractivity contribution is 6.30. The number of carbonyl (C=O) groups is 1. The summed E-state index contributed by atoms with van der Waals surface area (Å²) in [6.07, 6.45) is 7.76. The van der Waals surface area contributed by atoms with E-state index in [0.717, 1.165) is 37.7 Å². The Bertz CT molecular complexity index is 918. The molecule has 5 heteroatoms. The van der Waals surface area contributed by atoms with Crippen LogP contribution in [0.5, 0.6) is 0 Å². The molecule has 0 fully saturated rings. The molecule has 0 unspecified atom stereocenters. The lowest BCUT2D eigenvalue weighted by Gasteiger charge is -2.09. The van der Waals surface area contributed by atoms with Gasteiger partial charge in [-0.2, -0.15) is 0 Å². The van der Waals surface area contributed by atoms with E-state index in [1.54, 1.807) is 24.3 Å². The number of fused-ring (bicyclic) bond motifs is 1. The molecule has 1 N–H and O–H groups in total. The Morgan fingerprint density at radius 3 is 2.59 bits per heavy atom. The quantitative estimate of drug-likeness (QED) is 0.392. The molecule has 0 saturated heterocycles. The minimum Gasteiger partial charge on any atom is -0.352 e. The molecule has 0 bridgehead atoms. The molecule has 0 atom stereocenters. The van der Waals surface area contributed by atoms with Crippen LogP contribution in [-0.2, 0) is 13.0 Å². The average molecular weight is 412 g/mol. The number of imidazole rings is 1. The zero-order chi connectivity index (χ0) is 20.5. The lowest BCUT2D eigenvalue weighted by molar-refractivity contribution is 0.0953. The van der Waals surface area contributed by atoms with Crippen LogP contribution in [0.4, 0.5) is 0 Å². The molecular weight excluding hydrogens is 382 g/mol. The molecule has 0 aliphatic rings.